The summed E-state index contributed by atoms with van der Waals surface area (Å²) in [6, 6.07) is 15.9. The number of nitrogens with one attached hydrogen (secondary N) is 1. The number of amides is 2. The Kier molecular flexibility index (Phi) is 4.41. The molecule has 4 rings (SSSR count). The van der Waals surface area contributed by atoms with Crippen molar-refractivity contribution >= 4 is 28.6 Å². The SMILES string of the molecule is NC(=O)c1cccc(NC(=O)c2cc3occc3n2Cc2cccc(F)c2)c1. The van der Waals surface area contributed by atoms with Crippen molar-refractivity contribution in [2.45, 2.75) is 6.54 Å². The summed E-state index contributed by atoms with van der Waals surface area (Å²) >= 11 is 0. The van der Waals surface area contributed by atoms with E-state index >= 15 is 0 Å². The van der Waals surface area contributed by atoms with E-state index < -0.39 is 5.91 Å². The van der Waals surface area contributed by atoms with Gasteiger partial charge in [-0.05, 0) is 35.9 Å². The number of benzene rings is 2. The molecular weight excluding hydrogens is 361 g/mol. The van der Waals surface area contributed by atoms with E-state index in [1.807, 2.05) is 0 Å². The van der Waals surface area contributed by atoms with Crippen LogP contribution in [0.5, 0.6) is 0 Å². The van der Waals surface area contributed by atoms with Crippen molar-refractivity contribution < 1.29 is 18.4 Å². The van der Waals surface area contributed by atoms with Crippen molar-refractivity contribution in [3.05, 3.63) is 89.6 Å². The van der Waals surface area contributed by atoms with Gasteiger partial charge in [0, 0.05) is 29.9 Å². The van der Waals surface area contributed by atoms with Crippen molar-refractivity contribution in [2.75, 3.05) is 5.32 Å². The van der Waals surface area contributed by atoms with Crippen molar-refractivity contribution in [1.29, 1.82) is 0 Å². The average Bonchev–Trinajstić information content (AvgIpc) is 3.25. The Morgan fingerprint density at radius 1 is 1.07 bits per heavy atom. The Labute approximate surface area is 159 Å². The molecular formula is C21H16FN3O3. The van der Waals surface area contributed by atoms with Crippen LogP contribution in [0.2, 0.25) is 0 Å². The van der Waals surface area contributed by atoms with Crippen molar-refractivity contribution in [3.63, 3.8) is 0 Å². The molecule has 0 aliphatic heterocycles. The zero-order chi connectivity index (χ0) is 19.7. The smallest absolute Gasteiger partial charge is 0.272 e. The lowest BCUT2D eigenvalue weighted by molar-refractivity contribution is 0.0995. The molecule has 0 radical (unpaired) electrons. The number of aromatic nitrogens is 1. The number of primary amides is 1. The summed E-state index contributed by atoms with van der Waals surface area (Å²) in [5.74, 6) is -1.31. The quantitative estimate of drug-likeness (QED) is 0.555. The van der Waals surface area contributed by atoms with E-state index in [-0.39, 0.29) is 11.7 Å². The first kappa shape index (κ1) is 17.5. The first-order chi connectivity index (χ1) is 13.5. The molecule has 2 heterocycles. The summed E-state index contributed by atoms with van der Waals surface area (Å²) < 4.78 is 20.7. The van der Waals surface area contributed by atoms with E-state index in [4.69, 9.17) is 10.2 Å². The summed E-state index contributed by atoms with van der Waals surface area (Å²) in [4.78, 5) is 24.2. The first-order valence-corrected chi connectivity index (χ1v) is 8.53. The second-order valence-electron chi connectivity index (χ2n) is 6.31. The number of carbonyl (C=O) groups excluding carboxylic acids is 2. The molecule has 140 valence electrons. The third-order valence-corrected chi connectivity index (χ3v) is 4.39. The second-order valence-corrected chi connectivity index (χ2v) is 6.31. The fourth-order valence-corrected chi connectivity index (χ4v) is 3.10. The van der Waals surface area contributed by atoms with E-state index in [1.165, 1.54) is 24.5 Å². The van der Waals surface area contributed by atoms with Crippen molar-refractivity contribution in [2.24, 2.45) is 5.73 Å². The highest BCUT2D eigenvalue weighted by Gasteiger charge is 2.18. The second kappa shape index (κ2) is 7.03. The Morgan fingerprint density at radius 2 is 1.89 bits per heavy atom. The summed E-state index contributed by atoms with van der Waals surface area (Å²) in [5.41, 5.74) is 8.35. The van der Waals surface area contributed by atoms with Gasteiger partial charge in [0.2, 0.25) is 5.91 Å². The molecule has 2 amide bonds. The van der Waals surface area contributed by atoms with Crippen molar-refractivity contribution in [1.82, 2.24) is 4.57 Å². The fraction of sp³-hybridized carbons (Fsp3) is 0.0476. The highest BCUT2D eigenvalue weighted by Crippen LogP contribution is 2.24. The monoisotopic (exact) mass is 377 g/mol. The van der Waals surface area contributed by atoms with Crippen LogP contribution in [0.4, 0.5) is 10.1 Å². The number of nitrogens with two attached hydrogens (primary N) is 1. The summed E-state index contributed by atoms with van der Waals surface area (Å²) in [5, 5.41) is 2.76. The predicted molar refractivity (Wildman–Crippen MR) is 103 cm³/mol. The third-order valence-electron chi connectivity index (χ3n) is 4.39. The number of rotatable bonds is 5. The van der Waals surface area contributed by atoms with Gasteiger partial charge in [0.15, 0.2) is 5.58 Å². The number of furan rings is 1. The molecule has 6 nitrogen and oxygen atoms in total. The minimum Gasteiger partial charge on any atom is -0.463 e. The van der Waals surface area contributed by atoms with Crippen molar-refractivity contribution in [3.8, 4) is 0 Å². The van der Waals surface area contributed by atoms with Gasteiger partial charge in [-0.25, -0.2) is 4.39 Å². The lowest BCUT2D eigenvalue weighted by Gasteiger charge is -2.11. The fourth-order valence-electron chi connectivity index (χ4n) is 3.10. The average molecular weight is 377 g/mol. The highest BCUT2D eigenvalue weighted by atomic mass is 19.1. The first-order valence-electron chi connectivity index (χ1n) is 8.53. The van der Waals surface area contributed by atoms with Gasteiger partial charge in [0.25, 0.3) is 5.91 Å². The molecule has 0 bridgehead atoms. The molecule has 28 heavy (non-hydrogen) atoms. The van der Waals surface area contributed by atoms with Gasteiger partial charge < -0.3 is 20.0 Å². The molecule has 0 unspecified atom stereocenters. The topological polar surface area (TPSA) is 90.3 Å². The Bertz CT molecular complexity index is 1190. The number of hydrogen-bond donors (Lipinski definition) is 2. The number of fused-ring (bicyclic) bond motifs is 1. The minimum atomic E-state index is -0.580. The molecule has 0 atom stereocenters. The largest absolute Gasteiger partial charge is 0.463 e. The third kappa shape index (κ3) is 3.37. The maximum atomic E-state index is 13.6. The standard InChI is InChI=1S/C21H16FN3O3/c22-15-5-1-3-13(9-15)12-25-17-7-8-28-19(17)11-18(25)21(27)24-16-6-2-4-14(10-16)20(23)26/h1-11H,12H2,(H2,23,26)(H,24,27). The zero-order valence-corrected chi connectivity index (χ0v) is 14.7. The van der Waals surface area contributed by atoms with Gasteiger partial charge in [0.1, 0.15) is 11.5 Å². The van der Waals surface area contributed by atoms with Crippen LogP contribution in [0.3, 0.4) is 0 Å². The van der Waals surface area contributed by atoms with Crippen LogP contribution < -0.4 is 11.1 Å². The number of halogens is 1. The van der Waals surface area contributed by atoms with Crippen LogP contribution >= 0.6 is 0 Å². The number of nitrogens with zero attached hydrogens (tertiary/aromatic N) is 1. The zero-order valence-electron chi connectivity index (χ0n) is 14.7. The lowest BCUT2D eigenvalue weighted by Crippen LogP contribution is -2.18. The van der Waals surface area contributed by atoms with E-state index in [0.29, 0.717) is 34.6 Å². The van der Waals surface area contributed by atoms with E-state index in [9.17, 15) is 14.0 Å². The van der Waals surface area contributed by atoms with Gasteiger partial charge in [-0.1, -0.05) is 18.2 Å². The minimum absolute atomic E-state index is 0.293. The molecule has 0 spiro atoms. The number of anilines is 1. The number of hydrogen-bond acceptors (Lipinski definition) is 3. The number of carbonyl (C=O) groups is 2. The van der Waals surface area contributed by atoms with Gasteiger partial charge in [-0.3, -0.25) is 9.59 Å². The normalized spacial score (nSPS) is 10.9. The van der Waals surface area contributed by atoms with Gasteiger partial charge in [-0.2, -0.15) is 0 Å². The maximum Gasteiger partial charge on any atom is 0.272 e. The summed E-state index contributed by atoms with van der Waals surface area (Å²) in [7, 11) is 0. The van der Waals surface area contributed by atoms with Crippen LogP contribution in [0.25, 0.3) is 11.1 Å². The van der Waals surface area contributed by atoms with E-state index in [2.05, 4.69) is 5.32 Å². The summed E-state index contributed by atoms with van der Waals surface area (Å²) in [6.45, 7) is 0.297. The van der Waals surface area contributed by atoms with Crippen LogP contribution in [-0.4, -0.2) is 16.4 Å². The molecule has 4 aromatic rings. The van der Waals surface area contributed by atoms with Crippen LogP contribution in [0, 0.1) is 5.82 Å². The molecule has 0 saturated heterocycles. The van der Waals surface area contributed by atoms with E-state index in [1.54, 1.807) is 47.0 Å². The molecule has 0 fully saturated rings. The van der Waals surface area contributed by atoms with Gasteiger partial charge >= 0.3 is 0 Å². The summed E-state index contributed by atoms with van der Waals surface area (Å²) in [6.07, 6.45) is 1.53. The molecule has 2 aromatic carbocycles. The predicted octanol–water partition coefficient (Wildman–Crippen LogP) is 3.77. The Morgan fingerprint density at radius 3 is 2.68 bits per heavy atom. The molecule has 7 heteroatoms. The molecule has 0 aliphatic rings. The Hall–Kier alpha value is -3.87. The van der Waals surface area contributed by atoms with E-state index in [0.717, 1.165) is 5.52 Å². The highest BCUT2D eigenvalue weighted by molar-refractivity contribution is 6.06. The van der Waals surface area contributed by atoms with Gasteiger partial charge in [-0.15, -0.1) is 0 Å². The molecule has 3 N–H and O–H groups in total. The molecule has 0 saturated carbocycles. The molecule has 0 aliphatic carbocycles. The van der Waals surface area contributed by atoms with Crippen LogP contribution in [0.1, 0.15) is 26.4 Å². The van der Waals surface area contributed by atoms with Crippen LogP contribution in [0.15, 0.2) is 71.3 Å². The maximum absolute atomic E-state index is 13.6. The van der Waals surface area contributed by atoms with Gasteiger partial charge in [0.05, 0.1) is 11.8 Å². The Balaban J connectivity index is 1.68. The van der Waals surface area contributed by atoms with Crippen LogP contribution in [-0.2, 0) is 6.54 Å². The lowest BCUT2D eigenvalue weighted by atomic mass is 10.2. The molecule has 2 aromatic heterocycles.